The van der Waals surface area contributed by atoms with Crippen LogP contribution < -0.4 is 5.32 Å². The van der Waals surface area contributed by atoms with Crippen LogP contribution in [0.15, 0.2) is 0 Å². The molecule has 5 heteroatoms. The number of aliphatic hydroxyl groups is 2. The third-order valence-corrected chi connectivity index (χ3v) is 2.03. The Kier molecular flexibility index (Phi) is 12.7. The zero-order valence-corrected chi connectivity index (χ0v) is 10.2. The molecule has 0 aromatic heterocycles. The van der Waals surface area contributed by atoms with Crippen molar-refractivity contribution in [3.05, 3.63) is 0 Å². The lowest BCUT2D eigenvalue weighted by Crippen LogP contribution is -2.31. The van der Waals surface area contributed by atoms with Crippen molar-refractivity contribution in [2.75, 3.05) is 46.1 Å². The van der Waals surface area contributed by atoms with Gasteiger partial charge in [0.05, 0.1) is 25.9 Å². The molecule has 0 rings (SSSR count). The van der Waals surface area contributed by atoms with Crippen LogP contribution >= 0.6 is 0 Å². The summed E-state index contributed by atoms with van der Waals surface area (Å²) in [6.45, 7) is 5.63. The first-order valence-electron chi connectivity index (χ1n) is 5.96. The summed E-state index contributed by atoms with van der Waals surface area (Å²) >= 11 is 0. The predicted molar refractivity (Wildman–Crippen MR) is 62.5 cm³/mol. The summed E-state index contributed by atoms with van der Waals surface area (Å²) in [6, 6.07) is 0. The van der Waals surface area contributed by atoms with Crippen molar-refractivity contribution in [2.24, 2.45) is 0 Å². The van der Waals surface area contributed by atoms with E-state index in [0.29, 0.717) is 33.0 Å². The minimum atomic E-state index is -0.476. The van der Waals surface area contributed by atoms with Crippen molar-refractivity contribution in [1.29, 1.82) is 0 Å². The van der Waals surface area contributed by atoms with E-state index in [9.17, 15) is 5.11 Å². The summed E-state index contributed by atoms with van der Waals surface area (Å²) in [4.78, 5) is 0. The molecule has 0 aromatic rings. The molecule has 0 saturated carbocycles. The van der Waals surface area contributed by atoms with Crippen LogP contribution in [0.1, 0.15) is 19.8 Å². The molecule has 0 amide bonds. The van der Waals surface area contributed by atoms with Crippen LogP contribution in [0.3, 0.4) is 0 Å². The molecule has 0 aliphatic rings. The van der Waals surface area contributed by atoms with Gasteiger partial charge in [-0.3, -0.25) is 0 Å². The first-order valence-corrected chi connectivity index (χ1v) is 5.96. The van der Waals surface area contributed by atoms with Crippen LogP contribution in [0.2, 0.25) is 0 Å². The first-order chi connectivity index (χ1) is 7.81. The lowest BCUT2D eigenvalue weighted by Gasteiger charge is -2.12. The van der Waals surface area contributed by atoms with E-state index in [1.54, 1.807) is 0 Å². The zero-order chi connectivity index (χ0) is 12.1. The molecule has 1 unspecified atom stereocenters. The summed E-state index contributed by atoms with van der Waals surface area (Å²) in [6.07, 6.45) is 1.25. The fraction of sp³-hybridized carbons (Fsp3) is 1.00. The number of hydrogen-bond donors (Lipinski definition) is 3. The molecule has 0 radical (unpaired) electrons. The molecule has 0 aromatic carbocycles. The highest BCUT2D eigenvalue weighted by molar-refractivity contribution is 4.58. The number of unbranched alkanes of at least 4 members (excludes halogenated alkanes) is 1. The highest BCUT2D eigenvalue weighted by Gasteiger charge is 2.02. The molecule has 0 bridgehead atoms. The van der Waals surface area contributed by atoms with Crippen LogP contribution in [0.5, 0.6) is 0 Å². The number of rotatable bonds is 12. The summed E-state index contributed by atoms with van der Waals surface area (Å²) in [5.41, 5.74) is 0. The number of hydrogen-bond acceptors (Lipinski definition) is 5. The van der Waals surface area contributed by atoms with Gasteiger partial charge in [-0.15, -0.1) is 0 Å². The number of aliphatic hydroxyl groups excluding tert-OH is 2. The Balaban J connectivity index is 3.09. The van der Waals surface area contributed by atoms with Gasteiger partial charge in [-0.05, 0) is 26.3 Å². The van der Waals surface area contributed by atoms with Crippen molar-refractivity contribution in [2.45, 2.75) is 25.9 Å². The van der Waals surface area contributed by atoms with Crippen LogP contribution in [0.4, 0.5) is 0 Å². The van der Waals surface area contributed by atoms with Crippen molar-refractivity contribution >= 4 is 0 Å². The van der Waals surface area contributed by atoms with Gasteiger partial charge in [0, 0.05) is 19.8 Å². The Hall–Kier alpha value is -0.200. The molecule has 0 spiro atoms. The van der Waals surface area contributed by atoms with Crippen LogP contribution in [-0.4, -0.2) is 62.4 Å². The molecule has 5 nitrogen and oxygen atoms in total. The predicted octanol–water partition coefficient (Wildman–Crippen LogP) is -0.237. The molecular weight excluding hydrogens is 210 g/mol. The molecule has 0 heterocycles. The van der Waals surface area contributed by atoms with Gasteiger partial charge in [-0.25, -0.2) is 0 Å². The highest BCUT2D eigenvalue weighted by Crippen LogP contribution is 1.87. The maximum absolute atomic E-state index is 9.48. The maximum atomic E-state index is 9.48. The quantitative estimate of drug-likeness (QED) is 0.407. The topological polar surface area (TPSA) is 71.0 Å². The average Bonchev–Trinajstić information content (AvgIpc) is 2.28. The summed E-state index contributed by atoms with van der Waals surface area (Å²) in [5.74, 6) is 0. The lowest BCUT2D eigenvalue weighted by atomic mass is 10.3. The van der Waals surface area contributed by atoms with Crippen molar-refractivity contribution in [3.63, 3.8) is 0 Å². The standard InChI is InChI=1S/C11H25NO4/c1-2-15-7-8-16-10-11(14)9-12-5-3-4-6-13/h11-14H,2-10H2,1H3. The minimum Gasteiger partial charge on any atom is -0.396 e. The van der Waals surface area contributed by atoms with Gasteiger partial charge in [-0.2, -0.15) is 0 Å². The van der Waals surface area contributed by atoms with E-state index in [2.05, 4.69) is 5.32 Å². The molecular formula is C11H25NO4. The monoisotopic (exact) mass is 235 g/mol. The summed E-state index contributed by atoms with van der Waals surface area (Å²) in [5, 5.41) is 21.1. The van der Waals surface area contributed by atoms with Gasteiger partial charge >= 0.3 is 0 Å². The second-order valence-corrected chi connectivity index (χ2v) is 3.56. The molecule has 0 aliphatic heterocycles. The van der Waals surface area contributed by atoms with Crippen molar-refractivity contribution in [3.8, 4) is 0 Å². The average molecular weight is 235 g/mol. The van der Waals surface area contributed by atoms with E-state index in [0.717, 1.165) is 19.4 Å². The molecule has 98 valence electrons. The second-order valence-electron chi connectivity index (χ2n) is 3.56. The van der Waals surface area contributed by atoms with Gasteiger partial charge in [0.2, 0.25) is 0 Å². The molecule has 0 saturated heterocycles. The number of nitrogens with one attached hydrogen (secondary N) is 1. The van der Waals surface area contributed by atoms with Crippen LogP contribution in [-0.2, 0) is 9.47 Å². The molecule has 0 fully saturated rings. The van der Waals surface area contributed by atoms with Gasteiger partial charge in [-0.1, -0.05) is 0 Å². The molecule has 3 N–H and O–H groups in total. The van der Waals surface area contributed by atoms with E-state index in [1.165, 1.54) is 0 Å². The van der Waals surface area contributed by atoms with E-state index in [1.807, 2.05) is 6.92 Å². The first kappa shape index (κ1) is 15.8. The van der Waals surface area contributed by atoms with Crippen LogP contribution in [0.25, 0.3) is 0 Å². The smallest absolute Gasteiger partial charge is 0.0897 e. The Morgan fingerprint density at radius 1 is 1.19 bits per heavy atom. The Morgan fingerprint density at radius 2 is 1.94 bits per heavy atom. The molecule has 1 atom stereocenters. The fourth-order valence-corrected chi connectivity index (χ4v) is 1.17. The van der Waals surface area contributed by atoms with Gasteiger partial charge in [0.1, 0.15) is 0 Å². The second kappa shape index (κ2) is 12.9. The molecule has 0 aliphatic carbocycles. The van der Waals surface area contributed by atoms with Gasteiger partial charge in [0.25, 0.3) is 0 Å². The normalized spacial score (nSPS) is 12.9. The minimum absolute atomic E-state index is 0.227. The van der Waals surface area contributed by atoms with Crippen molar-refractivity contribution in [1.82, 2.24) is 5.32 Å². The molecule has 16 heavy (non-hydrogen) atoms. The largest absolute Gasteiger partial charge is 0.396 e. The zero-order valence-electron chi connectivity index (χ0n) is 10.2. The van der Waals surface area contributed by atoms with E-state index in [4.69, 9.17) is 14.6 Å². The maximum Gasteiger partial charge on any atom is 0.0897 e. The van der Waals surface area contributed by atoms with Gasteiger partial charge in [0.15, 0.2) is 0 Å². The Labute approximate surface area is 97.8 Å². The van der Waals surface area contributed by atoms with Crippen LogP contribution in [0, 0.1) is 0 Å². The third-order valence-electron chi connectivity index (χ3n) is 2.03. The van der Waals surface area contributed by atoms with Crippen molar-refractivity contribution < 1.29 is 19.7 Å². The van der Waals surface area contributed by atoms with E-state index >= 15 is 0 Å². The lowest BCUT2D eigenvalue weighted by molar-refractivity contribution is 0.00654. The summed E-state index contributed by atoms with van der Waals surface area (Å²) in [7, 11) is 0. The van der Waals surface area contributed by atoms with Gasteiger partial charge < -0.3 is 25.0 Å². The third kappa shape index (κ3) is 11.9. The highest BCUT2D eigenvalue weighted by atomic mass is 16.5. The fourth-order valence-electron chi connectivity index (χ4n) is 1.17. The SMILES string of the molecule is CCOCCOCC(O)CNCCCCO. The Bertz CT molecular complexity index is 121. The summed E-state index contributed by atoms with van der Waals surface area (Å²) < 4.78 is 10.3. The Morgan fingerprint density at radius 3 is 2.62 bits per heavy atom. The number of ether oxygens (including phenoxy) is 2. The van der Waals surface area contributed by atoms with E-state index in [-0.39, 0.29) is 6.61 Å². The van der Waals surface area contributed by atoms with E-state index < -0.39 is 6.10 Å².